The first-order chi connectivity index (χ1) is 7.58. The maximum atomic E-state index is 11.9. The molecule has 0 aliphatic heterocycles. The Hall–Kier alpha value is -1.55. The number of rotatable bonds is 2. The number of nitrogens with two attached hydrogens (primary N) is 1. The molecule has 0 radical (unpaired) electrons. The summed E-state index contributed by atoms with van der Waals surface area (Å²) in [6.45, 7) is 3.89. The summed E-state index contributed by atoms with van der Waals surface area (Å²) in [7, 11) is 0. The SMILES string of the molecule is CC(C)NC(=O)c1csc2ccc(N)cc12. The van der Waals surface area contributed by atoms with Gasteiger partial charge in [-0.05, 0) is 32.0 Å². The van der Waals surface area contributed by atoms with E-state index in [1.165, 1.54) is 0 Å². The van der Waals surface area contributed by atoms with E-state index in [4.69, 9.17) is 5.73 Å². The molecule has 0 saturated carbocycles. The van der Waals surface area contributed by atoms with Crippen LogP contribution in [0.25, 0.3) is 10.1 Å². The molecular weight excluding hydrogens is 220 g/mol. The third-order valence-corrected chi connectivity index (χ3v) is 3.23. The van der Waals surface area contributed by atoms with Crippen molar-refractivity contribution >= 4 is 33.0 Å². The number of thiophene rings is 1. The van der Waals surface area contributed by atoms with E-state index in [0.717, 1.165) is 10.1 Å². The van der Waals surface area contributed by atoms with Gasteiger partial charge in [0.05, 0.1) is 5.56 Å². The van der Waals surface area contributed by atoms with Crippen molar-refractivity contribution in [1.29, 1.82) is 0 Å². The fourth-order valence-corrected chi connectivity index (χ4v) is 2.48. The van der Waals surface area contributed by atoms with Gasteiger partial charge in [-0.1, -0.05) is 0 Å². The second kappa shape index (κ2) is 4.14. The number of hydrogen-bond acceptors (Lipinski definition) is 3. The normalized spacial score (nSPS) is 10.9. The van der Waals surface area contributed by atoms with Gasteiger partial charge in [-0.15, -0.1) is 11.3 Å². The molecule has 2 rings (SSSR count). The number of nitrogen functional groups attached to an aromatic ring is 1. The highest BCUT2D eigenvalue weighted by atomic mass is 32.1. The average molecular weight is 234 g/mol. The number of carbonyl (C=O) groups is 1. The van der Waals surface area contributed by atoms with Gasteiger partial charge in [0.2, 0.25) is 0 Å². The van der Waals surface area contributed by atoms with Gasteiger partial charge in [0.1, 0.15) is 0 Å². The lowest BCUT2D eigenvalue weighted by Gasteiger charge is -2.07. The Morgan fingerprint density at radius 1 is 1.44 bits per heavy atom. The summed E-state index contributed by atoms with van der Waals surface area (Å²) in [5, 5.41) is 5.69. The predicted molar refractivity (Wildman–Crippen MR) is 68.8 cm³/mol. The van der Waals surface area contributed by atoms with Crippen LogP contribution in [0.4, 0.5) is 5.69 Å². The minimum atomic E-state index is -0.0353. The van der Waals surface area contributed by atoms with Gasteiger partial charge in [-0.3, -0.25) is 4.79 Å². The van der Waals surface area contributed by atoms with Gasteiger partial charge in [0.15, 0.2) is 0 Å². The first kappa shape index (κ1) is 11.0. The Bertz CT molecular complexity index is 531. The van der Waals surface area contributed by atoms with Crippen molar-refractivity contribution in [2.24, 2.45) is 0 Å². The van der Waals surface area contributed by atoms with Crippen molar-refractivity contribution < 1.29 is 4.79 Å². The fourth-order valence-electron chi connectivity index (χ4n) is 1.56. The van der Waals surface area contributed by atoms with Crippen LogP contribution in [0.3, 0.4) is 0 Å². The molecule has 0 saturated heterocycles. The molecule has 3 N–H and O–H groups in total. The number of anilines is 1. The zero-order valence-electron chi connectivity index (χ0n) is 9.28. The number of benzene rings is 1. The van der Waals surface area contributed by atoms with Gasteiger partial charge < -0.3 is 11.1 Å². The van der Waals surface area contributed by atoms with E-state index in [-0.39, 0.29) is 11.9 Å². The maximum Gasteiger partial charge on any atom is 0.252 e. The van der Waals surface area contributed by atoms with Gasteiger partial charge >= 0.3 is 0 Å². The summed E-state index contributed by atoms with van der Waals surface area (Å²) in [6, 6.07) is 5.79. The molecule has 0 fully saturated rings. The minimum Gasteiger partial charge on any atom is -0.399 e. The van der Waals surface area contributed by atoms with E-state index in [0.29, 0.717) is 11.3 Å². The van der Waals surface area contributed by atoms with Crippen LogP contribution >= 0.6 is 11.3 Å². The van der Waals surface area contributed by atoms with Crippen LogP contribution in [0.1, 0.15) is 24.2 Å². The molecule has 3 nitrogen and oxygen atoms in total. The molecule has 2 aromatic rings. The monoisotopic (exact) mass is 234 g/mol. The lowest BCUT2D eigenvalue weighted by Crippen LogP contribution is -2.29. The van der Waals surface area contributed by atoms with Crippen LogP contribution in [0, 0.1) is 0 Å². The first-order valence-corrected chi connectivity index (χ1v) is 6.03. The maximum absolute atomic E-state index is 11.9. The largest absolute Gasteiger partial charge is 0.399 e. The van der Waals surface area contributed by atoms with E-state index in [1.54, 1.807) is 11.3 Å². The molecule has 4 heteroatoms. The Labute approximate surface area is 98.3 Å². The van der Waals surface area contributed by atoms with E-state index < -0.39 is 0 Å². The number of fused-ring (bicyclic) bond motifs is 1. The highest BCUT2D eigenvalue weighted by Crippen LogP contribution is 2.27. The molecule has 0 atom stereocenters. The van der Waals surface area contributed by atoms with E-state index >= 15 is 0 Å². The van der Waals surface area contributed by atoms with Crippen molar-refractivity contribution in [2.45, 2.75) is 19.9 Å². The second-order valence-corrected chi connectivity index (χ2v) is 4.94. The lowest BCUT2D eigenvalue weighted by atomic mass is 10.1. The molecule has 1 amide bonds. The topological polar surface area (TPSA) is 55.1 Å². The fraction of sp³-hybridized carbons (Fsp3) is 0.250. The van der Waals surface area contributed by atoms with Crippen LogP contribution in [0.15, 0.2) is 23.6 Å². The third-order valence-electron chi connectivity index (χ3n) is 2.26. The highest BCUT2D eigenvalue weighted by Gasteiger charge is 2.12. The molecule has 0 unspecified atom stereocenters. The quantitative estimate of drug-likeness (QED) is 0.785. The molecule has 1 heterocycles. The van der Waals surface area contributed by atoms with Gasteiger partial charge in [0, 0.05) is 27.2 Å². The summed E-state index contributed by atoms with van der Waals surface area (Å²) in [6.07, 6.45) is 0. The zero-order valence-corrected chi connectivity index (χ0v) is 10.1. The molecule has 84 valence electrons. The Kier molecular flexibility index (Phi) is 2.83. The smallest absolute Gasteiger partial charge is 0.252 e. The number of hydrogen-bond donors (Lipinski definition) is 2. The lowest BCUT2D eigenvalue weighted by molar-refractivity contribution is 0.0945. The Balaban J connectivity index is 2.44. The van der Waals surface area contributed by atoms with E-state index in [2.05, 4.69) is 5.32 Å². The number of carbonyl (C=O) groups excluding carboxylic acids is 1. The Morgan fingerprint density at radius 3 is 2.88 bits per heavy atom. The molecular formula is C12H14N2OS. The second-order valence-electron chi connectivity index (χ2n) is 4.03. The molecule has 0 aliphatic rings. The summed E-state index contributed by atoms with van der Waals surface area (Å²) in [5.74, 6) is -0.0353. The van der Waals surface area contributed by atoms with Gasteiger partial charge in [-0.2, -0.15) is 0 Å². The number of amides is 1. The van der Waals surface area contributed by atoms with E-state index in [1.807, 2.05) is 37.4 Å². The summed E-state index contributed by atoms with van der Waals surface area (Å²) in [5.41, 5.74) is 7.12. The third kappa shape index (κ3) is 2.02. The molecule has 0 spiro atoms. The molecule has 0 bridgehead atoms. The van der Waals surface area contributed by atoms with Crippen LogP contribution in [0.2, 0.25) is 0 Å². The summed E-state index contributed by atoms with van der Waals surface area (Å²) >= 11 is 1.56. The summed E-state index contributed by atoms with van der Waals surface area (Å²) in [4.78, 5) is 11.9. The van der Waals surface area contributed by atoms with Crippen molar-refractivity contribution in [3.8, 4) is 0 Å². The van der Waals surface area contributed by atoms with Gasteiger partial charge in [0.25, 0.3) is 5.91 Å². The van der Waals surface area contributed by atoms with Crippen LogP contribution in [-0.4, -0.2) is 11.9 Å². The first-order valence-electron chi connectivity index (χ1n) is 5.15. The molecule has 0 aliphatic carbocycles. The van der Waals surface area contributed by atoms with Crippen molar-refractivity contribution in [2.75, 3.05) is 5.73 Å². The van der Waals surface area contributed by atoms with Crippen LogP contribution in [0.5, 0.6) is 0 Å². The Morgan fingerprint density at radius 2 is 2.19 bits per heavy atom. The standard InChI is InChI=1S/C12H14N2OS/c1-7(2)14-12(15)10-6-16-11-4-3-8(13)5-9(10)11/h3-7H,13H2,1-2H3,(H,14,15). The van der Waals surface area contributed by atoms with Crippen molar-refractivity contribution in [1.82, 2.24) is 5.32 Å². The molecule has 1 aromatic heterocycles. The molecule has 16 heavy (non-hydrogen) atoms. The highest BCUT2D eigenvalue weighted by molar-refractivity contribution is 7.17. The van der Waals surface area contributed by atoms with Crippen LogP contribution in [-0.2, 0) is 0 Å². The predicted octanol–water partition coefficient (Wildman–Crippen LogP) is 2.62. The van der Waals surface area contributed by atoms with Gasteiger partial charge in [-0.25, -0.2) is 0 Å². The van der Waals surface area contributed by atoms with E-state index in [9.17, 15) is 4.79 Å². The molecule has 1 aromatic carbocycles. The summed E-state index contributed by atoms with van der Waals surface area (Å²) < 4.78 is 1.09. The minimum absolute atomic E-state index is 0.0353. The van der Waals surface area contributed by atoms with Crippen LogP contribution < -0.4 is 11.1 Å². The van der Waals surface area contributed by atoms with Crippen molar-refractivity contribution in [3.63, 3.8) is 0 Å². The van der Waals surface area contributed by atoms with Crippen molar-refractivity contribution in [3.05, 3.63) is 29.1 Å². The zero-order chi connectivity index (χ0) is 11.7. The average Bonchev–Trinajstić information content (AvgIpc) is 2.59. The number of nitrogens with one attached hydrogen (secondary N) is 1.